The van der Waals surface area contributed by atoms with E-state index in [2.05, 4.69) is 22.3 Å². The fraction of sp³-hybridized carbons (Fsp3) is 0.435. The molecule has 1 heterocycles. The minimum Gasteiger partial charge on any atom is -0.497 e. The molecule has 0 bridgehead atoms. The highest BCUT2D eigenvalue weighted by Crippen LogP contribution is 2.22. The van der Waals surface area contributed by atoms with Gasteiger partial charge in [-0.05, 0) is 68.7 Å². The van der Waals surface area contributed by atoms with Gasteiger partial charge in [0.05, 0.1) is 7.11 Å². The number of piperidine rings is 1. The summed E-state index contributed by atoms with van der Waals surface area (Å²) in [6, 6.07) is 15.4. The van der Waals surface area contributed by atoms with E-state index in [0.717, 1.165) is 38.2 Å². The zero-order valence-electron chi connectivity index (χ0n) is 17.3. The molecule has 29 heavy (non-hydrogen) atoms. The summed E-state index contributed by atoms with van der Waals surface area (Å²) in [6.45, 7) is 6.40. The van der Waals surface area contributed by atoms with Crippen LogP contribution in [0.25, 0.3) is 0 Å². The van der Waals surface area contributed by atoms with Crippen LogP contribution in [0.15, 0.2) is 48.5 Å². The van der Waals surface area contributed by atoms with Crippen LogP contribution in [0.2, 0.25) is 5.02 Å². The largest absolute Gasteiger partial charge is 0.497 e. The maximum atomic E-state index is 12.7. The molecule has 1 amide bonds. The Kier molecular flexibility index (Phi) is 7.04. The smallest absolute Gasteiger partial charge is 0.263 e. The summed E-state index contributed by atoms with van der Waals surface area (Å²) in [5, 5.41) is 3.80. The third-order valence-electron chi connectivity index (χ3n) is 5.22. The van der Waals surface area contributed by atoms with Gasteiger partial charge in [-0.1, -0.05) is 23.7 Å². The number of amides is 1. The van der Waals surface area contributed by atoms with Crippen molar-refractivity contribution in [2.75, 3.05) is 20.2 Å². The van der Waals surface area contributed by atoms with Crippen LogP contribution >= 0.6 is 11.6 Å². The maximum absolute atomic E-state index is 12.7. The predicted octanol–water partition coefficient (Wildman–Crippen LogP) is 4.29. The van der Waals surface area contributed by atoms with Crippen LogP contribution in [0.4, 0.5) is 0 Å². The van der Waals surface area contributed by atoms with Gasteiger partial charge in [0.25, 0.3) is 5.91 Å². The van der Waals surface area contributed by atoms with Crippen molar-refractivity contribution in [1.82, 2.24) is 10.2 Å². The Morgan fingerprint density at radius 3 is 2.24 bits per heavy atom. The van der Waals surface area contributed by atoms with Crippen LogP contribution in [0.3, 0.4) is 0 Å². The average molecular weight is 417 g/mol. The molecule has 2 aromatic rings. The lowest BCUT2D eigenvalue weighted by molar-refractivity contribution is -0.135. The summed E-state index contributed by atoms with van der Waals surface area (Å²) in [5.41, 5.74) is 0.319. The Hall–Kier alpha value is -2.24. The van der Waals surface area contributed by atoms with Crippen molar-refractivity contribution in [3.05, 3.63) is 59.1 Å². The zero-order chi connectivity index (χ0) is 20.9. The summed E-state index contributed by atoms with van der Waals surface area (Å²) in [4.78, 5) is 15.2. The maximum Gasteiger partial charge on any atom is 0.263 e. The molecule has 0 radical (unpaired) electrons. The highest BCUT2D eigenvalue weighted by Gasteiger charge is 2.32. The predicted molar refractivity (Wildman–Crippen MR) is 116 cm³/mol. The van der Waals surface area contributed by atoms with Crippen molar-refractivity contribution in [3.63, 3.8) is 0 Å². The van der Waals surface area contributed by atoms with Crippen molar-refractivity contribution >= 4 is 17.5 Å². The third-order valence-corrected chi connectivity index (χ3v) is 5.47. The Bertz CT molecular complexity index is 798. The number of hydrogen-bond donors (Lipinski definition) is 1. The molecular formula is C23H29ClN2O3. The number of rotatable bonds is 7. The van der Waals surface area contributed by atoms with Crippen molar-refractivity contribution in [2.45, 2.75) is 44.9 Å². The first-order valence-corrected chi connectivity index (χ1v) is 10.3. The first-order chi connectivity index (χ1) is 13.9. The third kappa shape index (κ3) is 6.12. The lowest BCUT2D eigenvalue weighted by atomic mass is 10.0. The molecule has 0 saturated carbocycles. The molecule has 6 heteroatoms. The van der Waals surface area contributed by atoms with Crippen molar-refractivity contribution in [3.8, 4) is 11.5 Å². The number of ether oxygens (including phenoxy) is 2. The van der Waals surface area contributed by atoms with E-state index in [1.807, 2.05) is 12.1 Å². The minimum absolute atomic E-state index is 0.0962. The lowest BCUT2D eigenvalue weighted by Crippen LogP contribution is -2.52. The molecule has 0 spiro atoms. The number of likely N-dealkylation sites (tertiary alicyclic amines) is 1. The SMILES string of the molecule is COc1ccc(CN2CCC(NC(=O)C(C)(C)Oc3ccc(Cl)cc3)CC2)cc1. The molecule has 1 fully saturated rings. The Balaban J connectivity index is 1.46. The summed E-state index contributed by atoms with van der Waals surface area (Å²) in [5.74, 6) is 1.41. The van der Waals surface area contributed by atoms with Gasteiger partial charge in [-0.15, -0.1) is 0 Å². The van der Waals surface area contributed by atoms with E-state index in [4.69, 9.17) is 21.1 Å². The van der Waals surface area contributed by atoms with Crippen LogP contribution < -0.4 is 14.8 Å². The van der Waals surface area contributed by atoms with Gasteiger partial charge >= 0.3 is 0 Å². The van der Waals surface area contributed by atoms with E-state index >= 15 is 0 Å². The molecule has 2 aromatic carbocycles. The number of nitrogens with zero attached hydrogens (tertiary/aromatic N) is 1. The van der Waals surface area contributed by atoms with E-state index in [0.29, 0.717) is 10.8 Å². The second-order valence-corrected chi connectivity index (χ2v) is 8.37. The first-order valence-electron chi connectivity index (χ1n) is 9.96. The number of carbonyl (C=O) groups excluding carboxylic acids is 1. The summed E-state index contributed by atoms with van der Waals surface area (Å²) < 4.78 is 11.1. The van der Waals surface area contributed by atoms with Gasteiger partial charge in [-0.25, -0.2) is 0 Å². The molecule has 3 rings (SSSR count). The van der Waals surface area contributed by atoms with Crippen molar-refractivity contribution in [1.29, 1.82) is 0 Å². The van der Waals surface area contributed by atoms with Gasteiger partial charge in [0.15, 0.2) is 5.60 Å². The number of hydrogen-bond acceptors (Lipinski definition) is 4. The van der Waals surface area contributed by atoms with Gasteiger partial charge in [0, 0.05) is 30.7 Å². The Labute approximate surface area is 177 Å². The number of halogens is 1. The quantitative estimate of drug-likeness (QED) is 0.731. The Morgan fingerprint density at radius 2 is 1.66 bits per heavy atom. The summed E-state index contributed by atoms with van der Waals surface area (Å²) >= 11 is 5.91. The molecule has 1 aliphatic heterocycles. The van der Waals surface area contributed by atoms with E-state index < -0.39 is 5.60 Å². The molecule has 0 aromatic heterocycles. The van der Waals surface area contributed by atoms with Crippen LogP contribution in [0.1, 0.15) is 32.3 Å². The number of carbonyl (C=O) groups is 1. The highest BCUT2D eigenvalue weighted by atomic mass is 35.5. The molecule has 1 saturated heterocycles. The summed E-state index contributed by atoms with van der Waals surface area (Å²) in [6.07, 6.45) is 1.86. The van der Waals surface area contributed by atoms with Gasteiger partial charge in [0.2, 0.25) is 0 Å². The first kappa shape index (κ1) is 21.5. The highest BCUT2D eigenvalue weighted by molar-refractivity contribution is 6.30. The second-order valence-electron chi connectivity index (χ2n) is 7.94. The van der Waals surface area contributed by atoms with Crippen LogP contribution in [-0.2, 0) is 11.3 Å². The molecule has 1 aliphatic rings. The number of methoxy groups -OCH3 is 1. The van der Waals surface area contributed by atoms with Crippen LogP contribution in [0.5, 0.6) is 11.5 Å². The molecule has 0 unspecified atom stereocenters. The summed E-state index contributed by atoms with van der Waals surface area (Å²) in [7, 11) is 1.68. The van der Waals surface area contributed by atoms with E-state index in [-0.39, 0.29) is 11.9 Å². The molecule has 0 aliphatic carbocycles. The van der Waals surface area contributed by atoms with E-state index in [9.17, 15) is 4.79 Å². The standard InChI is InChI=1S/C23H29ClN2O3/c1-23(2,29-21-10-6-18(24)7-11-21)22(27)25-19-12-14-26(15-13-19)16-17-4-8-20(28-3)9-5-17/h4-11,19H,12-16H2,1-3H3,(H,25,27). The van der Waals surface area contributed by atoms with Crippen LogP contribution in [-0.4, -0.2) is 42.6 Å². The van der Waals surface area contributed by atoms with Crippen molar-refractivity contribution < 1.29 is 14.3 Å². The average Bonchev–Trinajstić information content (AvgIpc) is 2.71. The molecule has 0 atom stereocenters. The fourth-order valence-corrected chi connectivity index (χ4v) is 3.55. The van der Waals surface area contributed by atoms with Gasteiger partial charge in [-0.2, -0.15) is 0 Å². The van der Waals surface area contributed by atoms with E-state index in [1.165, 1.54) is 5.56 Å². The minimum atomic E-state index is -0.950. The topological polar surface area (TPSA) is 50.8 Å². The normalized spacial score (nSPS) is 15.7. The van der Waals surface area contributed by atoms with Gasteiger partial charge in [-0.3, -0.25) is 9.69 Å². The second kappa shape index (κ2) is 9.51. The molecule has 156 valence electrons. The lowest BCUT2D eigenvalue weighted by Gasteiger charge is -2.34. The van der Waals surface area contributed by atoms with Gasteiger partial charge < -0.3 is 14.8 Å². The zero-order valence-corrected chi connectivity index (χ0v) is 18.0. The van der Waals surface area contributed by atoms with Crippen LogP contribution in [0, 0.1) is 0 Å². The van der Waals surface area contributed by atoms with Crippen molar-refractivity contribution in [2.24, 2.45) is 0 Å². The Morgan fingerprint density at radius 1 is 1.07 bits per heavy atom. The number of benzene rings is 2. The fourth-order valence-electron chi connectivity index (χ4n) is 3.43. The monoisotopic (exact) mass is 416 g/mol. The molecule has 5 nitrogen and oxygen atoms in total. The number of nitrogens with one attached hydrogen (secondary N) is 1. The molecule has 1 N–H and O–H groups in total. The molecular weight excluding hydrogens is 388 g/mol. The van der Waals surface area contributed by atoms with Gasteiger partial charge in [0.1, 0.15) is 11.5 Å². The van der Waals surface area contributed by atoms with E-state index in [1.54, 1.807) is 45.2 Å².